The molecule has 0 radical (unpaired) electrons. The van der Waals surface area contributed by atoms with Crippen LogP contribution in [-0.2, 0) is 32.0 Å². The molecule has 0 aliphatic carbocycles. The quantitative estimate of drug-likeness (QED) is 0.736. The Hall–Kier alpha value is -3.02. The predicted octanol–water partition coefficient (Wildman–Crippen LogP) is 2.23. The maximum Gasteiger partial charge on any atom is 0.310 e. The number of amides is 1. The minimum atomic E-state index is -0.715. The molecule has 0 bridgehead atoms. The molecule has 0 fully saturated rings. The van der Waals surface area contributed by atoms with Crippen molar-refractivity contribution in [1.82, 2.24) is 5.32 Å². The van der Waals surface area contributed by atoms with Gasteiger partial charge in [-0.2, -0.15) is 0 Å². The number of halogens is 1. The molecule has 0 saturated heterocycles. The van der Waals surface area contributed by atoms with Crippen molar-refractivity contribution in [2.45, 2.75) is 25.8 Å². The molecule has 2 rings (SSSR count). The van der Waals surface area contributed by atoms with E-state index >= 15 is 0 Å². The van der Waals surface area contributed by atoms with Crippen molar-refractivity contribution < 1.29 is 23.5 Å². The second kappa shape index (κ2) is 9.46. The van der Waals surface area contributed by atoms with Crippen molar-refractivity contribution in [3.05, 3.63) is 71.5 Å². The van der Waals surface area contributed by atoms with Crippen LogP contribution in [0.3, 0.4) is 0 Å². The van der Waals surface area contributed by atoms with E-state index in [9.17, 15) is 18.8 Å². The summed E-state index contributed by atoms with van der Waals surface area (Å²) in [4.78, 5) is 35.4. The fourth-order valence-electron chi connectivity index (χ4n) is 2.38. The van der Waals surface area contributed by atoms with E-state index in [1.165, 1.54) is 25.1 Å². The average molecular weight is 357 g/mol. The first-order chi connectivity index (χ1) is 12.5. The molecule has 136 valence electrons. The number of esters is 1. The molecular formula is C20H20FNO4. The van der Waals surface area contributed by atoms with E-state index in [4.69, 9.17) is 4.74 Å². The first kappa shape index (κ1) is 19.3. The Morgan fingerprint density at radius 1 is 1.04 bits per heavy atom. The van der Waals surface area contributed by atoms with Gasteiger partial charge in [0.05, 0.1) is 12.5 Å². The number of hydrogen-bond donors (Lipinski definition) is 1. The third kappa shape index (κ3) is 6.12. The van der Waals surface area contributed by atoms with Gasteiger partial charge in [0.2, 0.25) is 0 Å². The number of ketones is 1. The zero-order chi connectivity index (χ0) is 18.9. The van der Waals surface area contributed by atoms with E-state index in [0.29, 0.717) is 6.42 Å². The van der Waals surface area contributed by atoms with Crippen LogP contribution in [0.4, 0.5) is 4.39 Å². The summed E-state index contributed by atoms with van der Waals surface area (Å²) >= 11 is 0. The molecule has 6 heteroatoms. The fourth-order valence-corrected chi connectivity index (χ4v) is 2.38. The summed E-state index contributed by atoms with van der Waals surface area (Å²) in [7, 11) is 0. The van der Waals surface area contributed by atoms with Gasteiger partial charge in [-0.25, -0.2) is 4.39 Å². The molecule has 1 N–H and O–H groups in total. The van der Waals surface area contributed by atoms with E-state index < -0.39 is 30.3 Å². The first-order valence-electron chi connectivity index (χ1n) is 8.18. The van der Waals surface area contributed by atoms with Gasteiger partial charge >= 0.3 is 5.97 Å². The van der Waals surface area contributed by atoms with Crippen LogP contribution in [0.2, 0.25) is 0 Å². The zero-order valence-electron chi connectivity index (χ0n) is 14.4. The number of nitrogens with one attached hydrogen (secondary N) is 1. The summed E-state index contributed by atoms with van der Waals surface area (Å²) in [6.07, 6.45) is 0.0885. The van der Waals surface area contributed by atoms with E-state index in [1.807, 2.05) is 30.3 Å². The van der Waals surface area contributed by atoms with Gasteiger partial charge < -0.3 is 10.1 Å². The fraction of sp³-hybridized carbons (Fsp3) is 0.250. The lowest BCUT2D eigenvalue weighted by Crippen LogP contribution is -2.43. The van der Waals surface area contributed by atoms with Gasteiger partial charge in [0, 0.05) is 0 Å². The Morgan fingerprint density at radius 2 is 1.69 bits per heavy atom. The molecular weight excluding hydrogens is 337 g/mol. The van der Waals surface area contributed by atoms with Crippen LogP contribution in [0, 0.1) is 5.82 Å². The van der Waals surface area contributed by atoms with Gasteiger partial charge in [-0.15, -0.1) is 0 Å². The minimum Gasteiger partial charge on any atom is -0.455 e. The average Bonchev–Trinajstić information content (AvgIpc) is 2.62. The molecule has 2 aromatic carbocycles. The topological polar surface area (TPSA) is 72.5 Å². The van der Waals surface area contributed by atoms with Crippen LogP contribution in [0.5, 0.6) is 0 Å². The van der Waals surface area contributed by atoms with Crippen molar-refractivity contribution in [2.75, 3.05) is 6.61 Å². The molecule has 0 aliphatic heterocycles. The third-order valence-electron chi connectivity index (χ3n) is 3.77. The molecule has 0 aromatic heterocycles. The van der Waals surface area contributed by atoms with E-state index in [1.54, 1.807) is 6.07 Å². The van der Waals surface area contributed by atoms with Crippen molar-refractivity contribution >= 4 is 17.7 Å². The third-order valence-corrected chi connectivity index (χ3v) is 3.77. The molecule has 1 atom stereocenters. The summed E-state index contributed by atoms with van der Waals surface area (Å²) in [5.74, 6) is -2.00. The molecule has 0 aliphatic rings. The van der Waals surface area contributed by atoms with Gasteiger partial charge in [-0.1, -0.05) is 48.5 Å². The minimum absolute atomic E-state index is 0.195. The molecule has 5 nitrogen and oxygen atoms in total. The largest absolute Gasteiger partial charge is 0.455 e. The Kier molecular flexibility index (Phi) is 7.02. The maximum absolute atomic E-state index is 13.5. The number of carbonyl (C=O) groups excluding carboxylic acids is 3. The molecule has 0 spiro atoms. The van der Waals surface area contributed by atoms with Crippen molar-refractivity contribution in [1.29, 1.82) is 0 Å². The lowest BCUT2D eigenvalue weighted by molar-refractivity contribution is -0.148. The van der Waals surface area contributed by atoms with Gasteiger partial charge in [-0.05, 0) is 30.5 Å². The Labute approximate surface area is 151 Å². The highest BCUT2D eigenvalue weighted by molar-refractivity contribution is 5.89. The summed E-state index contributed by atoms with van der Waals surface area (Å²) < 4.78 is 18.4. The number of carbonyl (C=O) groups is 3. The first-order valence-corrected chi connectivity index (χ1v) is 8.18. The number of benzene rings is 2. The van der Waals surface area contributed by atoms with E-state index in [-0.39, 0.29) is 17.8 Å². The number of rotatable bonds is 8. The summed E-state index contributed by atoms with van der Waals surface area (Å²) in [5.41, 5.74) is 1.10. The monoisotopic (exact) mass is 357 g/mol. The Bertz CT molecular complexity index is 776. The Balaban J connectivity index is 1.83. The smallest absolute Gasteiger partial charge is 0.310 e. The van der Waals surface area contributed by atoms with Gasteiger partial charge in [0.15, 0.2) is 12.4 Å². The summed E-state index contributed by atoms with van der Waals surface area (Å²) in [5, 5.41) is 2.56. The lowest BCUT2D eigenvalue weighted by Gasteiger charge is -2.16. The maximum atomic E-state index is 13.5. The van der Waals surface area contributed by atoms with Crippen molar-refractivity contribution in [2.24, 2.45) is 0 Å². The number of Topliss-reactive ketones (excluding diaryl/α,β-unsaturated/α-hetero) is 1. The van der Waals surface area contributed by atoms with E-state index in [0.717, 1.165) is 5.56 Å². The molecule has 1 amide bonds. The zero-order valence-corrected chi connectivity index (χ0v) is 14.4. The van der Waals surface area contributed by atoms with Crippen LogP contribution in [0.15, 0.2) is 54.6 Å². The second-order valence-electron chi connectivity index (χ2n) is 5.85. The number of hydrogen-bond acceptors (Lipinski definition) is 4. The highest BCUT2D eigenvalue weighted by atomic mass is 19.1. The van der Waals surface area contributed by atoms with Crippen molar-refractivity contribution in [3.63, 3.8) is 0 Å². The molecule has 0 unspecified atom stereocenters. The highest BCUT2D eigenvalue weighted by Crippen LogP contribution is 2.08. The molecule has 26 heavy (non-hydrogen) atoms. The normalized spacial score (nSPS) is 11.5. The predicted molar refractivity (Wildman–Crippen MR) is 93.8 cm³/mol. The standard InChI is InChI=1S/C20H20FNO4/c1-14(23)18(11-15-7-3-2-4-8-15)22-19(24)13-26-20(25)12-16-9-5-6-10-17(16)21/h2-10,18H,11-13H2,1H3,(H,22,24)/t18-/m0/s1. The van der Waals surface area contributed by atoms with E-state index in [2.05, 4.69) is 5.32 Å². The highest BCUT2D eigenvalue weighted by Gasteiger charge is 2.19. The molecule has 0 saturated carbocycles. The van der Waals surface area contributed by atoms with Crippen molar-refractivity contribution in [3.8, 4) is 0 Å². The second-order valence-corrected chi connectivity index (χ2v) is 5.85. The Morgan fingerprint density at radius 3 is 2.35 bits per heavy atom. The number of ether oxygens (including phenoxy) is 1. The van der Waals surface area contributed by atoms with Gasteiger partial charge in [0.25, 0.3) is 5.91 Å². The lowest BCUT2D eigenvalue weighted by atomic mass is 10.0. The molecule has 0 heterocycles. The van der Waals surface area contributed by atoms with Gasteiger partial charge in [-0.3, -0.25) is 14.4 Å². The van der Waals surface area contributed by atoms with Crippen LogP contribution < -0.4 is 5.32 Å². The summed E-state index contributed by atoms with van der Waals surface area (Å²) in [6, 6.07) is 14.4. The SMILES string of the molecule is CC(=O)[C@H](Cc1ccccc1)NC(=O)COC(=O)Cc1ccccc1F. The van der Waals surface area contributed by atoms with Crippen LogP contribution in [0.1, 0.15) is 18.1 Å². The van der Waals surface area contributed by atoms with Crippen LogP contribution in [-0.4, -0.2) is 30.3 Å². The van der Waals surface area contributed by atoms with Crippen LogP contribution in [0.25, 0.3) is 0 Å². The summed E-state index contributed by atoms with van der Waals surface area (Å²) in [6.45, 7) is 0.865. The van der Waals surface area contributed by atoms with Crippen LogP contribution >= 0.6 is 0 Å². The van der Waals surface area contributed by atoms with Gasteiger partial charge in [0.1, 0.15) is 5.82 Å². The molecule has 2 aromatic rings.